The van der Waals surface area contributed by atoms with Gasteiger partial charge in [-0.1, -0.05) is 20.8 Å². The van der Waals surface area contributed by atoms with Crippen molar-refractivity contribution in [2.45, 2.75) is 34.6 Å². The van der Waals surface area contributed by atoms with E-state index in [1.54, 1.807) is 13.8 Å². The highest BCUT2D eigenvalue weighted by molar-refractivity contribution is 7.54. The Balaban J connectivity index is 4.27. The molecule has 0 atom stereocenters. The van der Waals surface area contributed by atoms with Gasteiger partial charge in [0, 0.05) is 6.54 Å². The first-order valence-corrected chi connectivity index (χ1v) is 7.60. The number of hydrogen-bond donors (Lipinski definition) is 1. The second-order valence-electron chi connectivity index (χ2n) is 4.94. The predicted octanol–water partition coefficient (Wildman–Crippen LogP) is 2.41. The average Bonchev–Trinajstić information content (AvgIpc) is 2.14. The number of nitrogens with one attached hydrogen (secondary N) is 1. The molecule has 0 aliphatic heterocycles. The maximum atomic E-state index is 12.0. The number of carbonyl (C=O) groups is 1. The van der Waals surface area contributed by atoms with E-state index in [4.69, 9.17) is 9.05 Å². The van der Waals surface area contributed by atoms with Gasteiger partial charge in [0.2, 0.25) is 5.91 Å². The van der Waals surface area contributed by atoms with Gasteiger partial charge in [0.15, 0.2) is 0 Å². The van der Waals surface area contributed by atoms with Crippen LogP contribution in [0.15, 0.2) is 0 Å². The van der Waals surface area contributed by atoms with Gasteiger partial charge in [-0.15, -0.1) is 0 Å². The monoisotopic (exact) mass is 265 g/mol. The third-order valence-electron chi connectivity index (χ3n) is 1.80. The summed E-state index contributed by atoms with van der Waals surface area (Å²) in [6, 6.07) is 0. The topological polar surface area (TPSA) is 64.6 Å². The predicted molar refractivity (Wildman–Crippen MR) is 68.2 cm³/mol. The summed E-state index contributed by atoms with van der Waals surface area (Å²) in [4.78, 5) is 11.6. The minimum absolute atomic E-state index is 0.00310. The van der Waals surface area contributed by atoms with E-state index in [9.17, 15) is 9.36 Å². The summed E-state index contributed by atoms with van der Waals surface area (Å²) in [6.07, 6.45) is -0.217. The summed E-state index contributed by atoms with van der Waals surface area (Å²) in [6.45, 7) is 10.5. The van der Waals surface area contributed by atoms with Crippen molar-refractivity contribution in [3.05, 3.63) is 0 Å². The minimum atomic E-state index is -3.27. The van der Waals surface area contributed by atoms with Crippen molar-refractivity contribution >= 4 is 13.5 Å². The molecule has 0 saturated carbocycles. The van der Waals surface area contributed by atoms with Crippen LogP contribution in [-0.2, 0) is 18.4 Å². The van der Waals surface area contributed by atoms with Crippen LogP contribution >= 0.6 is 7.60 Å². The Bertz CT molecular complexity index is 276. The first-order valence-electron chi connectivity index (χ1n) is 5.87. The van der Waals surface area contributed by atoms with Gasteiger partial charge < -0.3 is 14.4 Å². The van der Waals surface area contributed by atoms with E-state index in [1.165, 1.54) is 0 Å². The SMILES string of the molecule is CCOP(=O)(CC(=O)NCC(C)(C)C)OCC. The molecule has 17 heavy (non-hydrogen) atoms. The molecule has 0 heterocycles. The zero-order valence-electron chi connectivity index (χ0n) is 11.4. The number of amides is 1. The van der Waals surface area contributed by atoms with Crippen LogP contribution in [0.25, 0.3) is 0 Å². The number of hydrogen-bond acceptors (Lipinski definition) is 4. The van der Waals surface area contributed by atoms with Gasteiger partial charge in [-0.25, -0.2) is 0 Å². The van der Waals surface area contributed by atoms with Gasteiger partial charge in [0.05, 0.1) is 13.2 Å². The van der Waals surface area contributed by atoms with Crippen LogP contribution < -0.4 is 5.32 Å². The van der Waals surface area contributed by atoms with E-state index >= 15 is 0 Å². The van der Waals surface area contributed by atoms with E-state index in [-0.39, 0.29) is 30.7 Å². The standard InChI is InChI=1S/C11H24NO4P/c1-6-15-17(14,16-7-2)8-10(13)12-9-11(3,4)5/h6-9H2,1-5H3,(H,12,13). The molecule has 6 heteroatoms. The fourth-order valence-corrected chi connectivity index (χ4v) is 2.62. The molecule has 0 aliphatic carbocycles. The smallest absolute Gasteiger partial charge is 0.340 e. The largest absolute Gasteiger partial charge is 0.355 e. The Kier molecular flexibility index (Phi) is 6.98. The molecular weight excluding hydrogens is 241 g/mol. The van der Waals surface area contributed by atoms with Crippen molar-refractivity contribution in [3.63, 3.8) is 0 Å². The molecule has 102 valence electrons. The van der Waals surface area contributed by atoms with Crippen LogP contribution in [0.3, 0.4) is 0 Å². The lowest BCUT2D eigenvalue weighted by atomic mass is 9.97. The summed E-state index contributed by atoms with van der Waals surface area (Å²) >= 11 is 0. The second-order valence-corrected chi connectivity index (χ2v) is 7.00. The molecule has 0 radical (unpaired) electrons. The normalized spacial score (nSPS) is 12.5. The molecule has 0 aliphatic rings. The van der Waals surface area contributed by atoms with Gasteiger partial charge >= 0.3 is 7.60 Å². The lowest BCUT2D eigenvalue weighted by Crippen LogP contribution is -2.34. The fraction of sp³-hybridized carbons (Fsp3) is 0.909. The first kappa shape index (κ1) is 16.6. The van der Waals surface area contributed by atoms with Gasteiger partial charge in [-0.3, -0.25) is 9.36 Å². The van der Waals surface area contributed by atoms with E-state index in [0.717, 1.165) is 0 Å². The molecular formula is C11H24NO4P. The van der Waals surface area contributed by atoms with E-state index in [1.807, 2.05) is 20.8 Å². The Morgan fingerprint density at radius 3 is 2.00 bits per heavy atom. The molecule has 0 bridgehead atoms. The van der Waals surface area contributed by atoms with Crippen molar-refractivity contribution in [1.82, 2.24) is 5.32 Å². The third kappa shape index (κ3) is 8.36. The van der Waals surface area contributed by atoms with Crippen LogP contribution in [0.1, 0.15) is 34.6 Å². The lowest BCUT2D eigenvalue weighted by Gasteiger charge is -2.20. The van der Waals surface area contributed by atoms with Crippen molar-refractivity contribution in [3.8, 4) is 0 Å². The highest BCUT2D eigenvalue weighted by Gasteiger charge is 2.27. The molecule has 5 nitrogen and oxygen atoms in total. The summed E-state index contributed by atoms with van der Waals surface area (Å²) in [5.41, 5.74) is -0.00310. The quantitative estimate of drug-likeness (QED) is 0.718. The zero-order chi connectivity index (χ0) is 13.5. The second kappa shape index (κ2) is 7.14. The summed E-state index contributed by atoms with van der Waals surface area (Å²) < 4.78 is 22.1. The number of carbonyl (C=O) groups excluding carboxylic acids is 1. The van der Waals surface area contributed by atoms with Crippen LogP contribution in [0.2, 0.25) is 0 Å². The molecule has 1 N–H and O–H groups in total. The van der Waals surface area contributed by atoms with Crippen molar-refractivity contribution in [1.29, 1.82) is 0 Å². The van der Waals surface area contributed by atoms with E-state index in [0.29, 0.717) is 6.54 Å². The molecule has 0 rings (SSSR count). The average molecular weight is 265 g/mol. The van der Waals surface area contributed by atoms with Crippen molar-refractivity contribution in [2.24, 2.45) is 5.41 Å². The zero-order valence-corrected chi connectivity index (χ0v) is 12.3. The van der Waals surface area contributed by atoms with Crippen molar-refractivity contribution < 1.29 is 18.4 Å². The van der Waals surface area contributed by atoms with Crippen molar-refractivity contribution in [2.75, 3.05) is 25.9 Å². The lowest BCUT2D eigenvalue weighted by molar-refractivity contribution is -0.119. The molecule has 0 saturated heterocycles. The molecule has 1 amide bonds. The summed E-state index contributed by atoms with van der Waals surface area (Å²) in [5, 5.41) is 2.72. The van der Waals surface area contributed by atoms with Crippen LogP contribution in [0.4, 0.5) is 0 Å². The van der Waals surface area contributed by atoms with Gasteiger partial charge in [-0.2, -0.15) is 0 Å². The molecule has 0 aromatic rings. The molecule has 0 aromatic carbocycles. The Morgan fingerprint density at radius 2 is 1.65 bits per heavy atom. The minimum Gasteiger partial charge on any atom is -0.355 e. The molecule has 0 aromatic heterocycles. The maximum absolute atomic E-state index is 12.0. The fourth-order valence-electron chi connectivity index (χ4n) is 1.12. The van der Waals surface area contributed by atoms with E-state index in [2.05, 4.69) is 5.32 Å². The van der Waals surface area contributed by atoms with Crippen LogP contribution in [0.5, 0.6) is 0 Å². The first-order chi connectivity index (χ1) is 7.72. The number of rotatable bonds is 7. The Hall–Kier alpha value is -0.380. The van der Waals surface area contributed by atoms with E-state index < -0.39 is 7.60 Å². The molecule has 0 unspecified atom stereocenters. The highest BCUT2D eigenvalue weighted by atomic mass is 31.2. The summed E-state index contributed by atoms with van der Waals surface area (Å²) in [5.74, 6) is -0.301. The van der Waals surface area contributed by atoms with Gasteiger partial charge in [-0.05, 0) is 19.3 Å². The summed E-state index contributed by atoms with van der Waals surface area (Å²) in [7, 11) is -3.27. The van der Waals surface area contributed by atoms with Gasteiger partial charge in [0.1, 0.15) is 6.16 Å². The Labute approximate surface area is 104 Å². The van der Waals surface area contributed by atoms with Gasteiger partial charge in [0.25, 0.3) is 0 Å². The van der Waals surface area contributed by atoms with Crippen LogP contribution in [0, 0.1) is 5.41 Å². The molecule has 0 spiro atoms. The molecule has 0 fully saturated rings. The Morgan fingerprint density at radius 1 is 1.18 bits per heavy atom. The maximum Gasteiger partial charge on any atom is 0.340 e. The highest BCUT2D eigenvalue weighted by Crippen LogP contribution is 2.47. The third-order valence-corrected chi connectivity index (χ3v) is 3.78. The van der Waals surface area contributed by atoms with Crippen LogP contribution in [-0.4, -0.2) is 31.8 Å².